The van der Waals surface area contributed by atoms with Gasteiger partial charge < -0.3 is 15.1 Å². The minimum Gasteiger partial charge on any atom is -0.423 e. The van der Waals surface area contributed by atoms with Crippen LogP contribution in [0.1, 0.15) is 18.9 Å². The Morgan fingerprint density at radius 1 is 1.10 bits per heavy atom. The molecule has 108 valence electrons. The molecule has 0 spiro atoms. The van der Waals surface area contributed by atoms with Gasteiger partial charge in [-0.05, 0) is 30.2 Å². The zero-order valence-corrected chi connectivity index (χ0v) is 12.1. The molecule has 4 heteroatoms. The number of anilines is 2. The van der Waals surface area contributed by atoms with Crippen molar-refractivity contribution in [1.82, 2.24) is 4.98 Å². The molecule has 2 aromatic carbocycles. The molecular weight excluding hydrogens is 262 g/mol. The fourth-order valence-corrected chi connectivity index (χ4v) is 2.39. The van der Waals surface area contributed by atoms with Crippen LogP contribution in [0, 0.1) is 0 Å². The quantitative estimate of drug-likeness (QED) is 0.722. The van der Waals surface area contributed by atoms with Crippen molar-refractivity contribution in [3.05, 3.63) is 54.1 Å². The lowest BCUT2D eigenvalue weighted by molar-refractivity contribution is 0.562. The molecule has 0 aliphatic heterocycles. The Kier molecular flexibility index (Phi) is 3.77. The number of rotatable bonds is 5. The Labute approximate surface area is 124 Å². The molecule has 0 fully saturated rings. The largest absolute Gasteiger partial charge is 0.423 e. The van der Waals surface area contributed by atoms with Crippen LogP contribution >= 0.6 is 0 Å². The Morgan fingerprint density at radius 3 is 2.62 bits per heavy atom. The van der Waals surface area contributed by atoms with Gasteiger partial charge in [-0.1, -0.05) is 37.3 Å². The van der Waals surface area contributed by atoms with Crippen LogP contribution in [0.4, 0.5) is 11.7 Å². The summed E-state index contributed by atoms with van der Waals surface area (Å²) >= 11 is 0. The fraction of sp³-hybridized carbons (Fsp3) is 0.235. The first-order chi connectivity index (χ1) is 10.3. The first kappa shape index (κ1) is 13.5. The van der Waals surface area contributed by atoms with Crippen LogP contribution < -0.4 is 10.6 Å². The molecule has 0 saturated heterocycles. The Bertz CT molecular complexity index is 702. The summed E-state index contributed by atoms with van der Waals surface area (Å²) in [7, 11) is 0. The van der Waals surface area contributed by atoms with Gasteiger partial charge in [-0.2, -0.15) is 4.98 Å². The summed E-state index contributed by atoms with van der Waals surface area (Å²) in [5, 5.41) is 0. The van der Waals surface area contributed by atoms with Crippen LogP contribution in [0.25, 0.3) is 11.1 Å². The Balaban J connectivity index is 1.92. The number of nitrogen functional groups attached to an aromatic ring is 1. The van der Waals surface area contributed by atoms with E-state index < -0.39 is 0 Å². The van der Waals surface area contributed by atoms with E-state index in [4.69, 9.17) is 10.2 Å². The maximum absolute atomic E-state index is 6.04. The molecule has 4 nitrogen and oxygen atoms in total. The van der Waals surface area contributed by atoms with Crippen LogP contribution in [0.15, 0.2) is 52.9 Å². The highest BCUT2D eigenvalue weighted by molar-refractivity contribution is 5.74. The van der Waals surface area contributed by atoms with Gasteiger partial charge in [0.05, 0.1) is 0 Å². The van der Waals surface area contributed by atoms with Gasteiger partial charge in [0.2, 0.25) is 0 Å². The number of nitrogens with two attached hydrogens (primary N) is 1. The highest BCUT2D eigenvalue weighted by Crippen LogP contribution is 2.24. The number of fused-ring (bicyclic) bond motifs is 1. The molecule has 1 aromatic heterocycles. The van der Waals surface area contributed by atoms with Crippen molar-refractivity contribution in [2.24, 2.45) is 0 Å². The Morgan fingerprint density at radius 2 is 1.86 bits per heavy atom. The van der Waals surface area contributed by atoms with Gasteiger partial charge in [0.25, 0.3) is 6.01 Å². The highest BCUT2D eigenvalue weighted by Gasteiger charge is 2.14. The van der Waals surface area contributed by atoms with Crippen molar-refractivity contribution in [2.45, 2.75) is 19.9 Å². The highest BCUT2D eigenvalue weighted by atomic mass is 16.4. The topological polar surface area (TPSA) is 55.3 Å². The van der Waals surface area contributed by atoms with Gasteiger partial charge in [-0.25, -0.2) is 0 Å². The van der Waals surface area contributed by atoms with Crippen molar-refractivity contribution >= 4 is 22.8 Å². The fourth-order valence-electron chi connectivity index (χ4n) is 2.39. The number of para-hydroxylation sites is 3. The zero-order valence-electron chi connectivity index (χ0n) is 12.1. The maximum Gasteiger partial charge on any atom is 0.298 e. The first-order valence-electron chi connectivity index (χ1n) is 7.22. The van der Waals surface area contributed by atoms with E-state index in [-0.39, 0.29) is 0 Å². The van der Waals surface area contributed by atoms with Crippen LogP contribution in [0.5, 0.6) is 0 Å². The van der Waals surface area contributed by atoms with E-state index in [1.54, 1.807) is 0 Å². The van der Waals surface area contributed by atoms with E-state index in [2.05, 4.69) is 16.8 Å². The lowest BCUT2D eigenvalue weighted by atomic mass is 10.1. The average Bonchev–Trinajstić information content (AvgIpc) is 2.93. The zero-order chi connectivity index (χ0) is 14.7. The molecule has 0 saturated carbocycles. The van der Waals surface area contributed by atoms with Crippen molar-refractivity contribution in [2.75, 3.05) is 17.2 Å². The molecule has 0 atom stereocenters. The summed E-state index contributed by atoms with van der Waals surface area (Å²) in [6.45, 7) is 3.72. The van der Waals surface area contributed by atoms with Crippen LogP contribution in [0.3, 0.4) is 0 Å². The lowest BCUT2D eigenvalue weighted by Gasteiger charge is -2.20. The van der Waals surface area contributed by atoms with Gasteiger partial charge in [0.1, 0.15) is 5.52 Å². The van der Waals surface area contributed by atoms with Crippen LogP contribution in [-0.4, -0.2) is 11.5 Å². The Hall–Kier alpha value is -2.49. The summed E-state index contributed by atoms with van der Waals surface area (Å²) in [5.74, 6) is 0. The number of benzene rings is 2. The predicted molar refractivity (Wildman–Crippen MR) is 86.2 cm³/mol. The molecule has 0 aliphatic rings. The third-order valence-corrected chi connectivity index (χ3v) is 3.46. The molecule has 1 heterocycles. The van der Waals surface area contributed by atoms with Crippen LogP contribution in [-0.2, 0) is 6.54 Å². The van der Waals surface area contributed by atoms with Crippen molar-refractivity contribution in [1.29, 1.82) is 0 Å². The predicted octanol–water partition coefficient (Wildman–Crippen LogP) is 3.83. The van der Waals surface area contributed by atoms with E-state index >= 15 is 0 Å². The third kappa shape index (κ3) is 2.84. The second kappa shape index (κ2) is 5.87. The van der Waals surface area contributed by atoms with Gasteiger partial charge in [-0.15, -0.1) is 0 Å². The van der Waals surface area contributed by atoms with E-state index in [1.807, 2.05) is 48.5 Å². The SMILES string of the molecule is CCCN(Cc1ccccc1N)c1nc2ccccc2o1. The molecule has 0 amide bonds. The minimum atomic E-state index is 0.654. The summed E-state index contributed by atoms with van der Waals surface area (Å²) < 4.78 is 5.87. The molecule has 0 unspecified atom stereocenters. The number of aromatic nitrogens is 1. The van der Waals surface area contributed by atoms with E-state index in [1.165, 1.54) is 0 Å². The molecule has 3 rings (SSSR count). The minimum absolute atomic E-state index is 0.654. The molecule has 0 aliphatic carbocycles. The molecule has 21 heavy (non-hydrogen) atoms. The van der Waals surface area contributed by atoms with Crippen molar-refractivity contribution in [3.8, 4) is 0 Å². The number of hydrogen-bond acceptors (Lipinski definition) is 4. The average molecular weight is 281 g/mol. The second-order valence-electron chi connectivity index (χ2n) is 5.08. The summed E-state index contributed by atoms with van der Waals surface area (Å²) in [6, 6.07) is 16.4. The molecule has 2 N–H and O–H groups in total. The second-order valence-corrected chi connectivity index (χ2v) is 5.08. The molecule has 0 radical (unpaired) electrons. The number of hydrogen-bond donors (Lipinski definition) is 1. The van der Waals surface area contributed by atoms with Gasteiger partial charge >= 0.3 is 0 Å². The summed E-state index contributed by atoms with van der Waals surface area (Å²) in [6.07, 6.45) is 1.02. The van der Waals surface area contributed by atoms with E-state index in [0.29, 0.717) is 12.6 Å². The van der Waals surface area contributed by atoms with E-state index in [0.717, 1.165) is 35.3 Å². The smallest absolute Gasteiger partial charge is 0.298 e. The van der Waals surface area contributed by atoms with Gasteiger partial charge in [0, 0.05) is 18.8 Å². The van der Waals surface area contributed by atoms with E-state index in [9.17, 15) is 0 Å². The van der Waals surface area contributed by atoms with Crippen molar-refractivity contribution in [3.63, 3.8) is 0 Å². The first-order valence-corrected chi connectivity index (χ1v) is 7.22. The van der Waals surface area contributed by atoms with Gasteiger partial charge in [-0.3, -0.25) is 0 Å². The van der Waals surface area contributed by atoms with Crippen LogP contribution in [0.2, 0.25) is 0 Å². The molecule has 0 bridgehead atoms. The normalized spacial score (nSPS) is 10.9. The number of nitrogens with zero attached hydrogens (tertiary/aromatic N) is 2. The third-order valence-electron chi connectivity index (χ3n) is 3.46. The molecule has 3 aromatic rings. The molecular formula is C17H19N3O. The lowest BCUT2D eigenvalue weighted by Crippen LogP contribution is -2.24. The monoisotopic (exact) mass is 281 g/mol. The van der Waals surface area contributed by atoms with Crippen molar-refractivity contribution < 1.29 is 4.42 Å². The van der Waals surface area contributed by atoms with Gasteiger partial charge in [0.15, 0.2) is 5.58 Å². The summed E-state index contributed by atoms with van der Waals surface area (Å²) in [4.78, 5) is 6.71. The standard InChI is InChI=1S/C17H19N3O/c1-2-11-20(12-13-7-3-4-8-14(13)18)17-19-15-9-5-6-10-16(15)21-17/h3-10H,2,11-12,18H2,1H3. The number of oxazole rings is 1. The summed E-state index contributed by atoms with van der Waals surface area (Å²) in [5.41, 5.74) is 9.63. The maximum atomic E-state index is 6.04.